The second kappa shape index (κ2) is 10.8. The lowest BCUT2D eigenvalue weighted by Crippen LogP contribution is -2.44. The molecule has 0 aliphatic carbocycles. The number of amides is 2. The Bertz CT molecular complexity index is 1230. The van der Waals surface area contributed by atoms with E-state index < -0.39 is 5.25 Å². The van der Waals surface area contributed by atoms with Gasteiger partial charge in [0.15, 0.2) is 5.17 Å². The lowest BCUT2D eigenvalue weighted by atomic mass is 10.2. The van der Waals surface area contributed by atoms with Gasteiger partial charge in [-0.1, -0.05) is 53.7 Å². The van der Waals surface area contributed by atoms with Gasteiger partial charge < -0.3 is 10.1 Å². The van der Waals surface area contributed by atoms with Crippen LogP contribution >= 0.6 is 23.4 Å². The van der Waals surface area contributed by atoms with Gasteiger partial charge in [0.05, 0.1) is 19.3 Å². The Balaban J connectivity index is 1.61. The SMILES string of the molecule is COc1ccc(N=C2SC(C(=O)Nc3cccc(C)c3)CC(=O)N2Cc2ccccc2Cl)cc1. The minimum atomic E-state index is -0.604. The summed E-state index contributed by atoms with van der Waals surface area (Å²) in [5.41, 5.74) is 3.20. The quantitative estimate of drug-likeness (QED) is 0.470. The summed E-state index contributed by atoms with van der Waals surface area (Å²) in [6.45, 7) is 2.23. The third-order valence-electron chi connectivity index (χ3n) is 5.30. The number of amidine groups is 1. The van der Waals surface area contributed by atoms with E-state index in [4.69, 9.17) is 21.3 Å². The molecule has 1 saturated heterocycles. The van der Waals surface area contributed by atoms with E-state index >= 15 is 0 Å². The highest BCUT2D eigenvalue weighted by Gasteiger charge is 2.36. The first-order valence-electron chi connectivity index (χ1n) is 10.7. The van der Waals surface area contributed by atoms with Crippen LogP contribution < -0.4 is 10.1 Å². The average molecular weight is 494 g/mol. The van der Waals surface area contributed by atoms with E-state index in [1.165, 1.54) is 11.8 Å². The zero-order valence-electron chi connectivity index (χ0n) is 18.8. The number of hydrogen-bond acceptors (Lipinski definition) is 5. The number of carbonyl (C=O) groups excluding carboxylic acids is 2. The molecule has 0 radical (unpaired) electrons. The molecule has 1 unspecified atom stereocenters. The zero-order chi connectivity index (χ0) is 24.1. The van der Waals surface area contributed by atoms with Crippen LogP contribution in [-0.4, -0.2) is 34.2 Å². The van der Waals surface area contributed by atoms with Crippen molar-refractivity contribution in [2.45, 2.75) is 25.1 Å². The summed E-state index contributed by atoms with van der Waals surface area (Å²) in [5.74, 6) is 0.291. The molecule has 1 N–H and O–H groups in total. The number of carbonyl (C=O) groups is 2. The van der Waals surface area contributed by atoms with Crippen molar-refractivity contribution in [3.63, 3.8) is 0 Å². The van der Waals surface area contributed by atoms with Gasteiger partial charge in [-0.2, -0.15) is 0 Å². The second-order valence-electron chi connectivity index (χ2n) is 7.83. The number of nitrogens with zero attached hydrogens (tertiary/aromatic N) is 2. The smallest absolute Gasteiger partial charge is 0.238 e. The highest BCUT2D eigenvalue weighted by Crippen LogP contribution is 2.32. The van der Waals surface area contributed by atoms with E-state index in [1.807, 2.05) is 49.4 Å². The fourth-order valence-electron chi connectivity index (χ4n) is 3.51. The summed E-state index contributed by atoms with van der Waals surface area (Å²) in [7, 11) is 1.60. The van der Waals surface area contributed by atoms with E-state index in [-0.39, 0.29) is 24.8 Å². The van der Waals surface area contributed by atoms with Crippen LogP contribution in [0.25, 0.3) is 0 Å². The maximum absolute atomic E-state index is 13.2. The molecule has 3 aromatic rings. The molecule has 2 amide bonds. The molecule has 6 nitrogen and oxygen atoms in total. The number of benzene rings is 3. The number of hydrogen-bond donors (Lipinski definition) is 1. The molecule has 0 aromatic heterocycles. The molecule has 0 saturated carbocycles. The van der Waals surface area contributed by atoms with E-state index in [1.54, 1.807) is 42.3 Å². The maximum atomic E-state index is 13.2. The van der Waals surface area contributed by atoms with Crippen molar-refractivity contribution < 1.29 is 14.3 Å². The van der Waals surface area contributed by atoms with Gasteiger partial charge in [-0.25, -0.2) is 4.99 Å². The van der Waals surface area contributed by atoms with Gasteiger partial charge in [0.1, 0.15) is 11.0 Å². The van der Waals surface area contributed by atoms with Crippen molar-refractivity contribution in [1.82, 2.24) is 4.90 Å². The monoisotopic (exact) mass is 493 g/mol. The Labute approximate surface area is 208 Å². The van der Waals surface area contributed by atoms with E-state index in [0.717, 1.165) is 11.1 Å². The van der Waals surface area contributed by atoms with Crippen LogP contribution in [0.2, 0.25) is 5.02 Å². The fraction of sp³-hybridized carbons (Fsp3) is 0.192. The summed E-state index contributed by atoms with van der Waals surface area (Å²) < 4.78 is 5.22. The number of ether oxygens (including phenoxy) is 1. The highest BCUT2D eigenvalue weighted by molar-refractivity contribution is 8.15. The fourth-order valence-corrected chi connectivity index (χ4v) is 4.80. The molecule has 1 heterocycles. The summed E-state index contributed by atoms with van der Waals surface area (Å²) in [5, 5.41) is 3.34. The number of halogens is 1. The van der Waals surface area contributed by atoms with Gasteiger partial charge in [0, 0.05) is 17.1 Å². The summed E-state index contributed by atoms with van der Waals surface area (Å²) >= 11 is 7.63. The van der Waals surface area contributed by atoms with Crippen molar-refractivity contribution >= 4 is 51.7 Å². The zero-order valence-corrected chi connectivity index (χ0v) is 20.4. The number of aliphatic imine (C=N–C) groups is 1. The van der Waals surface area contributed by atoms with Crippen molar-refractivity contribution in [3.8, 4) is 5.75 Å². The third kappa shape index (κ3) is 5.79. The number of anilines is 1. The first-order valence-corrected chi connectivity index (χ1v) is 12.0. The van der Waals surface area contributed by atoms with Crippen LogP contribution in [0.4, 0.5) is 11.4 Å². The van der Waals surface area contributed by atoms with Gasteiger partial charge in [-0.05, 0) is 60.5 Å². The summed E-state index contributed by atoms with van der Waals surface area (Å²) in [4.78, 5) is 32.6. The molecule has 1 aliphatic heterocycles. The largest absolute Gasteiger partial charge is 0.497 e. The Morgan fingerprint density at radius 1 is 1.15 bits per heavy atom. The third-order valence-corrected chi connectivity index (χ3v) is 6.86. The molecule has 34 heavy (non-hydrogen) atoms. The Hall–Kier alpha value is -3.29. The molecule has 0 bridgehead atoms. The molecule has 1 aliphatic rings. The summed E-state index contributed by atoms with van der Waals surface area (Å²) in [6, 6.07) is 22.2. The summed E-state index contributed by atoms with van der Waals surface area (Å²) in [6.07, 6.45) is 0.0639. The number of thioether (sulfide) groups is 1. The normalized spacial score (nSPS) is 17.0. The number of rotatable bonds is 6. The molecule has 4 rings (SSSR count). The van der Waals surface area contributed by atoms with Crippen molar-refractivity contribution in [2.75, 3.05) is 12.4 Å². The minimum absolute atomic E-state index is 0.0639. The van der Waals surface area contributed by atoms with Crippen molar-refractivity contribution in [3.05, 3.63) is 88.9 Å². The minimum Gasteiger partial charge on any atom is -0.497 e. The van der Waals surface area contributed by atoms with Gasteiger partial charge in [0.2, 0.25) is 11.8 Å². The molecule has 3 aromatic carbocycles. The van der Waals surface area contributed by atoms with E-state index in [0.29, 0.717) is 27.3 Å². The van der Waals surface area contributed by atoms with Crippen LogP contribution in [0.1, 0.15) is 17.5 Å². The number of nitrogens with one attached hydrogen (secondary N) is 1. The molecular weight excluding hydrogens is 470 g/mol. The standard InChI is InChI=1S/C26H24ClN3O3S/c1-17-6-5-8-20(14-17)28-25(32)23-15-24(31)30(16-18-7-3-4-9-22(18)27)26(34-23)29-19-10-12-21(33-2)13-11-19/h3-14,23H,15-16H2,1-2H3,(H,28,32). The van der Waals surface area contributed by atoms with Crippen molar-refractivity contribution in [1.29, 1.82) is 0 Å². The Morgan fingerprint density at radius 3 is 2.62 bits per heavy atom. The highest BCUT2D eigenvalue weighted by atomic mass is 35.5. The number of aryl methyl sites for hydroxylation is 1. The van der Waals surface area contributed by atoms with Gasteiger partial charge in [-0.15, -0.1) is 0 Å². The van der Waals surface area contributed by atoms with Crippen LogP contribution in [-0.2, 0) is 16.1 Å². The molecule has 1 fully saturated rings. The van der Waals surface area contributed by atoms with Gasteiger partial charge in [0.25, 0.3) is 0 Å². The molecular formula is C26H24ClN3O3S. The van der Waals surface area contributed by atoms with E-state index in [9.17, 15) is 9.59 Å². The van der Waals surface area contributed by atoms with Gasteiger partial charge in [-0.3, -0.25) is 14.5 Å². The molecule has 0 spiro atoms. The topological polar surface area (TPSA) is 71.0 Å². The lowest BCUT2D eigenvalue weighted by molar-refractivity contribution is -0.129. The second-order valence-corrected chi connectivity index (χ2v) is 9.41. The first kappa shape index (κ1) is 23.9. The van der Waals surface area contributed by atoms with Crippen LogP contribution in [0.5, 0.6) is 5.75 Å². The van der Waals surface area contributed by atoms with Gasteiger partial charge >= 0.3 is 0 Å². The Morgan fingerprint density at radius 2 is 1.91 bits per heavy atom. The molecule has 8 heteroatoms. The van der Waals surface area contributed by atoms with Crippen LogP contribution in [0.3, 0.4) is 0 Å². The predicted molar refractivity (Wildman–Crippen MR) is 138 cm³/mol. The van der Waals surface area contributed by atoms with Crippen LogP contribution in [0, 0.1) is 6.92 Å². The maximum Gasteiger partial charge on any atom is 0.238 e. The molecule has 174 valence electrons. The lowest BCUT2D eigenvalue weighted by Gasteiger charge is -2.32. The van der Waals surface area contributed by atoms with E-state index in [2.05, 4.69) is 5.32 Å². The van der Waals surface area contributed by atoms with Crippen LogP contribution in [0.15, 0.2) is 77.8 Å². The average Bonchev–Trinajstić information content (AvgIpc) is 2.82. The molecule has 1 atom stereocenters. The predicted octanol–water partition coefficient (Wildman–Crippen LogP) is 5.82. The number of methoxy groups -OCH3 is 1. The first-order chi connectivity index (χ1) is 16.4. The Kier molecular flexibility index (Phi) is 7.55. The van der Waals surface area contributed by atoms with Crippen molar-refractivity contribution in [2.24, 2.45) is 4.99 Å².